The summed E-state index contributed by atoms with van der Waals surface area (Å²) in [6.07, 6.45) is 1.69. The topological polar surface area (TPSA) is 113 Å². The molecule has 0 saturated carbocycles. The van der Waals surface area contributed by atoms with Gasteiger partial charge in [-0.2, -0.15) is 0 Å². The molecule has 0 aliphatic rings. The molecule has 9 nitrogen and oxygen atoms in total. The molecular weight excluding hydrogens is 406 g/mol. The van der Waals surface area contributed by atoms with E-state index >= 15 is 0 Å². The molecule has 0 aliphatic heterocycles. The van der Waals surface area contributed by atoms with Gasteiger partial charge < -0.3 is 16.0 Å². The smallest absolute Gasteiger partial charge is 0.251 e. The Kier molecular flexibility index (Phi) is 6.25. The second-order valence-electron chi connectivity index (χ2n) is 7.51. The minimum Gasteiger partial charge on any atom is -0.367 e. The highest BCUT2D eigenvalue weighted by atomic mass is 16.2. The van der Waals surface area contributed by atoms with Crippen LogP contribution in [0, 0.1) is 6.92 Å². The van der Waals surface area contributed by atoms with E-state index in [1.165, 1.54) is 6.92 Å². The Balaban J connectivity index is 1.40. The minimum atomic E-state index is -0.132. The molecule has 0 unspecified atom stereocenters. The van der Waals surface area contributed by atoms with Gasteiger partial charge in [0.2, 0.25) is 11.6 Å². The van der Waals surface area contributed by atoms with Gasteiger partial charge in [-0.3, -0.25) is 14.0 Å². The van der Waals surface area contributed by atoms with Gasteiger partial charge in [0.25, 0.3) is 5.91 Å². The predicted molar refractivity (Wildman–Crippen MR) is 124 cm³/mol. The van der Waals surface area contributed by atoms with Crippen LogP contribution in [-0.4, -0.2) is 44.5 Å². The van der Waals surface area contributed by atoms with Gasteiger partial charge in [0, 0.05) is 31.3 Å². The van der Waals surface area contributed by atoms with Crippen molar-refractivity contribution in [2.75, 3.05) is 23.7 Å². The van der Waals surface area contributed by atoms with E-state index < -0.39 is 0 Å². The largest absolute Gasteiger partial charge is 0.367 e. The number of anilines is 2. The number of nitrogens with one attached hydrogen (secondary N) is 3. The second kappa shape index (κ2) is 9.42. The lowest BCUT2D eigenvalue weighted by Gasteiger charge is -2.11. The lowest BCUT2D eigenvalue weighted by Crippen LogP contribution is -2.24. The van der Waals surface area contributed by atoms with Gasteiger partial charge in [-0.25, -0.2) is 4.98 Å². The van der Waals surface area contributed by atoms with Crippen LogP contribution in [0.3, 0.4) is 0 Å². The molecule has 0 saturated heterocycles. The van der Waals surface area contributed by atoms with Gasteiger partial charge in [-0.1, -0.05) is 18.2 Å². The maximum atomic E-state index is 12.1. The van der Waals surface area contributed by atoms with Gasteiger partial charge in [-0.05, 0) is 50.1 Å². The monoisotopic (exact) mass is 431 g/mol. The maximum absolute atomic E-state index is 12.1. The molecule has 2 heterocycles. The molecule has 32 heavy (non-hydrogen) atoms. The van der Waals surface area contributed by atoms with Crippen molar-refractivity contribution in [1.29, 1.82) is 0 Å². The molecule has 4 rings (SSSR count). The van der Waals surface area contributed by atoms with Crippen molar-refractivity contribution in [3.05, 3.63) is 59.9 Å². The van der Waals surface area contributed by atoms with Crippen LogP contribution in [0.4, 0.5) is 11.5 Å². The number of amides is 2. The SMILES string of the molecule is CC(=O)Nc1ccc2nc(NCCCCNC(=O)c3ccccc3)c3nnc(C)n3c2c1. The Morgan fingerprint density at radius 3 is 2.56 bits per heavy atom. The predicted octanol–water partition coefficient (Wildman–Crippen LogP) is 3.17. The Morgan fingerprint density at radius 1 is 1.00 bits per heavy atom. The fourth-order valence-electron chi connectivity index (χ4n) is 3.52. The van der Waals surface area contributed by atoms with E-state index in [0.717, 1.165) is 29.7 Å². The normalized spacial score (nSPS) is 10.9. The third-order valence-electron chi connectivity index (χ3n) is 5.02. The average Bonchev–Trinajstić information content (AvgIpc) is 3.18. The number of fused-ring (bicyclic) bond motifs is 3. The number of benzene rings is 2. The summed E-state index contributed by atoms with van der Waals surface area (Å²) in [5.74, 6) is 1.19. The zero-order valence-corrected chi connectivity index (χ0v) is 18.1. The lowest BCUT2D eigenvalue weighted by molar-refractivity contribution is -0.114. The molecule has 3 N–H and O–H groups in total. The molecule has 0 bridgehead atoms. The van der Waals surface area contributed by atoms with Crippen LogP contribution in [0.25, 0.3) is 16.7 Å². The van der Waals surface area contributed by atoms with E-state index in [0.29, 0.717) is 35.8 Å². The molecule has 2 aromatic carbocycles. The minimum absolute atomic E-state index is 0.0611. The first-order valence-corrected chi connectivity index (χ1v) is 10.5. The summed E-state index contributed by atoms with van der Waals surface area (Å²) in [7, 11) is 0. The second-order valence-corrected chi connectivity index (χ2v) is 7.51. The number of carbonyl (C=O) groups excluding carboxylic acids is 2. The highest BCUT2D eigenvalue weighted by Gasteiger charge is 2.13. The van der Waals surface area contributed by atoms with Crippen molar-refractivity contribution in [2.24, 2.45) is 0 Å². The molecule has 2 amide bonds. The lowest BCUT2D eigenvalue weighted by atomic mass is 10.2. The average molecular weight is 432 g/mol. The van der Waals surface area contributed by atoms with Crippen molar-refractivity contribution < 1.29 is 9.59 Å². The first kappa shape index (κ1) is 21.2. The fraction of sp³-hybridized carbons (Fsp3) is 0.261. The molecule has 0 aliphatic carbocycles. The number of nitrogens with zero attached hydrogens (tertiary/aromatic N) is 4. The first-order valence-electron chi connectivity index (χ1n) is 10.5. The van der Waals surface area contributed by atoms with Gasteiger partial charge in [-0.15, -0.1) is 10.2 Å². The fourth-order valence-corrected chi connectivity index (χ4v) is 3.52. The number of hydrogen-bond acceptors (Lipinski definition) is 6. The van der Waals surface area contributed by atoms with Crippen LogP contribution in [0.2, 0.25) is 0 Å². The van der Waals surface area contributed by atoms with E-state index in [1.54, 1.807) is 12.1 Å². The van der Waals surface area contributed by atoms with E-state index in [2.05, 4.69) is 26.1 Å². The van der Waals surface area contributed by atoms with Crippen molar-refractivity contribution in [3.63, 3.8) is 0 Å². The molecule has 0 radical (unpaired) electrons. The van der Waals surface area contributed by atoms with E-state index in [1.807, 2.05) is 47.7 Å². The van der Waals surface area contributed by atoms with Crippen LogP contribution >= 0.6 is 0 Å². The standard InChI is InChI=1S/C23H25N7O2/c1-15-28-29-22-21(24-12-6-7-13-25-23(32)17-8-4-3-5-9-17)27-19-11-10-18(26-16(2)31)14-20(19)30(15)22/h3-5,8-11,14H,6-7,12-13H2,1-2H3,(H,24,27)(H,25,32)(H,26,31). The van der Waals surface area contributed by atoms with Crippen LogP contribution in [-0.2, 0) is 4.79 Å². The molecule has 4 aromatic rings. The van der Waals surface area contributed by atoms with E-state index in [4.69, 9.17) is 4.98 Å². The third kappa shape index (κ3) is 4.66. The molecule has 0 fully saturated rings. The number of unbranched alkanes of at least 4 members (excludes halogenated alkanes) is 1. The molecule has 9 heteroatoms. The Hall–Kier alpha value is -4.01. The summed E-state index contributed by atoms with van der Waals surface area (Å²) < 4.78 is 1.93. The van der Waals surface area contributed by atoms with Crippen molar-refractivity contribution >= 4 is 40.0 Å². The van der Waals surface area contributed by atoms with Gasteiger partial charge in [0.1, 0.15) is 5.82 Å². The van der Waals surface area contributed by atoms with Crippen molar-refractivity contribution in [3.8, 4) is 0 Å². The van der Waals surface area contributed by atoms with Crippen LogP contribution in [0.5, 0.6) is 0 Å². The number of hydrogen-bond donors (Lipinski definition) is 3. The molecule has 0 spiro atoms. The summed E-state index contributed by atoms with van der Waals surface area (Å²) in [4.78, 5) is 28.2. The Bertz CT molecular complexity index is 1270. The van der Waals surface area contributed by atoms with Gasteiger partial charge in [0.15, 0.2) is 5.82 Å². The number of aromatic nitrogens is 4. The van der Waals surface area contributed by atoms with E-state index in [-0.39, 0.29) is 11.8 Å². The summed E-state index contributed by atoms with van der Waals surface area (Å²) in [6, 6.07) is 14.7. The summed E-state index contributed by atoms with van der Waals surface area (Å²) in [5, 5.41) is 17.5. The van der Waals surface area contributed by atoms with E-state index in [9.17, 15) is 9.59 Å². The molecule has 0 atom stereocenters. The van der Waals surface area contributed by atoms with Crippen LogP contribution < -0.4 is 16.0 Å². The summed E-state index contributed by atoms with van der Waals surface area (Å²) in [6.45, 7) is 4.64. The number of aryl methyl sites for hydroxylation is 1. The molecular formula is C23H25N7O2. The number of rotatable bonds is 8. The quantitative estimate of drug-likeness (QED) is 0.369. The highest BCUT2D eigenvalue weighted by Crippen LogP contribution is 2.24. The van der Waals surface area contributed by atoms with Crippen molar-refractivity contribution in [2.45, 2.75) is 26.7 Å². The van der Waals surface area contributed by atoms with Crippen molar-refractivity contribution in [1.82, 2.24) is 24.9 Å². The van der Waals surface area contributed by atoms with Gasteiger partial charge in [0.05, 0.1) is 11.0 Å². The Labute approximate surface area is 185 Å². The maximum Gasteiger partial charge on any atom is 0.251 e. The molecule has 2 aromatic heterocycles. The number of carbonyl (C=O) groups is 2. The summed E-state index contributed by atoms with van der Waals surface area (Å²) >= 11 is 0. The first-order chi connectivity index (χ1) is 15.5. The van der Waals surface area contributed by atoms with Crippen LogP contribution in [0.15, 0.2) is 48.5 Å². The van der Waals surface area contributed by atoms with Crippen LogP contribution in [0.1, 0.15) is 35.9 Å². The van der Waals surface area contributed by atoms with Gasteiger partial charge >= 0.3 is 0 Å². The zero-order valence-electron chi connectivity index (χ0n) is 18.1. The Morgan fingerprint density at radius 2 is 1.78 bits per heavy atom. The summed E-state index contributed by atoms with van der Waals surface area (Å²) in [5.41, 5.74) is 3.58. The zero-order chi connectivity index (χ0) is 22.5. The molecule has 164 valence electrons. The third-order valence-corrected chi connectivity index (χ3v) is 5.02. The highest BCUT2D eigenvalue weighted by molar-refractivity contribution is 5.94.